The van der Waals surface area contributed by atoms with Gasteiger partial charge in [-0.15, -0.1) is 0 Å². The van der Waals surface area contributed by atoms with Gasteiger partial charge in [0.15, 0.2) is 5.78 Å². The number of carbonyl (C=O) groups excluding carboxylic acids is 1. The van der Waals surface area contributed by atoms with Crippen molar-refractivity contribution in [3.8, 4) is 0 Å². The highest BCUT2D eigenvalue weighted by atomic mass is 16.1. The molecule has 0 unspecified atom stereocenters. The second-order valence-electron chi connectivity index (χ2n) is 4.96. The summed E-state index contributed by atoms with van der Waals surface area (Å²) in [7, 11) is 0. The van der Waals surface area contributed by atoms with E-state index in [1.54, 1.807) is 0 Å². The van der Waals surface area contributed by atoms with Crippen LogP contribution in [-0.4, -0.2) is 5.78 Å². The molecule has 2 aromatic carbocycles. The second kappa shape index (κ2) is 5.18. The summed E-state index contributed by atoms with van der Waals surface area (Å²) in [5, 5.41) is 0. The van der Waals surface area contributed by atoms with E-state index in [0.717, 1.165) is 22.3 Å². The highest BCUT2D eigenvalue weighted by Crippen LogP contribution is 2.13. The molecule has 2 aromatic rings. The molecule has 0 N–H and O–H groups in total. The van der Waals surface area contributed by atoms with Crippen LogP contribution in [0.1, 0.15) is 32.6 Å². The summed E-state index contributed by atoms with van der Waals surface area (Å²) < 4.78 is 0. The maximum absolute atomic E-state index is 12.2. The molecule has 2 rings (SSSR count). The highest BCUT2D eigenvalue weighted by Gasteiger charge is 2.07. The van der Waals surface area contributed by atoms with Crippen LogP contribution < -0.4 is 0 Å². The first kappa shape index (κ1) is 12.6. The SMILES string of the molecule is Cc1ccc(CC(=O)c2cc(C)cc(C)c2)cc1. The third kappa shape index (κ3) is 3.07. The largest absolute Gasteiger partial charge is 0.294 e. The third-order valence-corrected chi connectivity index (χ3v) is 3.03. The second-order valence-corrected chi connectivity index (χ2v) is 4.96. The number of rotatable bonds is 3. The first-order valence-corrected chi connectivity index (χ1v) is 6.21. The first-order chi connectivity index (χ1) is 8.54. The van der Waals surface area contributed by atoms with Crippen molar-refractivity contribution in [2.24, 2.45) is 0 Å². The van der Waals surface area contributed by atoms with E-state index in [9.17, 15) is 4.79 Å². The van der Waals surface area contributed by atoms with Gasteiger partial charge in [-0.25, -0.2) is 0 Å². The Kier molecular flexibility index (Phi) is 3.61. The van der Waals surface area contributed by atoms with Crippen LogP contribution in [0.2, 0.25) is 0 Å². The standard InChI is InChI=1S/C17H18O/c1-12-4-6-15(7-5-12)11-17(18)16-9-13(2)8-14(3)10-16/h4-10H,11H2,1-3H3. The van der Waals surface area contributed by atoms with Crippen LogP contribution >= 0.6 is 0 Å². The van der Waals surface area contributed by atoms with Crippen LogP contribution in [0.15, 0.2) is 42.5 Å². The van der Waals surface area contributed by atoms with E-state index in [2.05, 4.69) is 13.0 Å². The fourth-order valence-electron chi connectivity index (χ4n) is 2.13. The molecule has 0 saturated carbocycles. The average molecular weight is 238 g/mol. The highest BCUT2D eigenvalue weighted by molar-refractivity contribution is 5.97. The molecule has 0 heterocycles. The molecule has 0 radical (unpaired) electrons. The fraction of sp³-hybridized carbons (Fsp3) is 0.235. The lowest BCUT2D eigenvalue weighted by Crippen LogP contribution is -2.04. The number of hydrogen-bond donors (Lipinski definition) is 0. The number of aryl methyl sites for hydroxylation is 3. The van der Waals surface area contributed by atoms with E-state index in [4.69, 9.17) is 0 Å². The molecule has 0 amide bonds. The van der Waals surface area contributed by atoms with Crippen molar-refractivity contribution >= 4 is 5.78 Å². The van der Waals surface area contributed by atoms with Crippen LogP contribution in [0.3, 0.4) is 0 Å². The van der Waals surface area contributed by atoms with E-state index >= 15 is 0 Å². The Morgan fingerprint density at radius 2 is 1.39 bits per heavy atom. The van der Waals surface area contributed by atoms with E-state index < -0.39 is 0 Å². The van der Waals surface area contributed by atoms with Crippen molar-refractivity contribution in [2.75, 3.05) is 0 Å². The van der Waals surface area contributed by atoms with Crippen molar-refractivity contribution < 1.29 is 4.79 Å². The molecule has 0 aromatic heterocycles. The Bertz CT molecular complexity index is 544. The topological polar surface area (TPSA) is 17.1 Å². The van der Waals surface area contributed by atoms with E-state index in [0.29, 0.717) is 6.42 Å². The molecule has 0 aliphatic rings. The van der Waals surface area contributed by atoms with Gasteiger partial charge in [-0.2, -0.15) is 0 Å². The molecule has 0 bridgehead atoms. The number of carbonyl (C=O) groups is 1. The quantitative estimate of drug-likeness (QED) is 0.738. The molecular formula is C17H18O. The molecule has 18 heavy (non-hydrogen) atoms. The Labute approximate surface area is 108 Å². The summed E-state index contributed by atoms with van der Waals surface area (Å²) in [4.78, 5) is 12.2. The van der Waals surface area contributed by atoms with Gasteiger partial charge in [0.05, 0.1) is 0 Å². The van der Waals surface area contributed by atoms with E-state index in [1.807, 2.05) is 50.2 Å². The zero-order chi connectivity index (χ0) is 13.1. The molecular weight excluding hydrogens is 220 g/mol. The average Bonchev–Trinajstić information content (AvgIpc) is 2.31. The summed E-state index contributed by atoms with van der Waals surface area (Å²) in [6.45, 7) is 6.10. The molecule has 0 spiro atoms. The van der Waals surface area contributed by atoms with Crippen molar-refractivity contribution in [3.05, 3.63) is 70.3 Å². The van der Waals surface area contributed by atoms with Gasteiger partial charge in [-0.3, -0.25) is 4.79 Å². The maximum Gasteiger partial charge on any atom is 0.167 e. The Morgan fingerprint density at radius 3 is 1.94 bits per heavy atom. The predicted molar refractivity (Wildman–Crippen MR) is 75.1 cm³/mol. The zero-order valence-electron chi connectivity index (χ0n) is 11.2. The summed E-state index contributed by atoms with van der Waals surface area (Å²) in [5.74, 6) is 0.186. The summed E-state index contributed by atoms with van der Waals surface area (Å²) in [6.07, 6.45) is 0.475. The lowest BCUT2D eigenvalue weighted by atomic mass is 9.99. The fourth-order valence-corrected chi connectivity index (χ4v) is 2.13. The maximum atomic E-state index is 12.2. The summed E-state index contributed by atoms with van der Waals surface area (Å²) in [5.41, 5.74) is 5.39. The number of benzene rings is 2. The Balaban J connectivity index is 2.19. The smallest absolute Gasteiger partial charge is 0.167 e. The summed E-state index contributed by atoms with van der Waals surface area (Å²) >= 11 is 0. The molecule has 1 heteroatoms. The third-order valence-electron chi connectivity index (χ3n) is 3.03. The van der Waals surface area contributed by atoms with E-state index in [-0.39, 0.29) is 5.78 Å². The number of ketones is 1. The van der Waals surface area contributed by atoms with Crippen molar-refractivity contribution in [2.45, 2.75) is 27.2 Å². The van der Waals surface area contributed by atoms with Gasteiger partial charge in [0.2, 0.25) is 0 Å². The molecule has 92 valence electrons. The van der Waals surface area contributed by atoms with Crippen LogP contribution in [0.5, 0.6) is 0 Å². The van der Waals surface area contributed by atoms with Gasteiger partial charge in [-0.1, -0.05) is 47.0 Å². The monoisotopic (exact) mass is 238 g/mol. The first-order valence-electron chi connectivity index (χ1n) is 6.21. The minimum absolute atomic E-state index is 0.186. The van der Waals surface area contributed by atoms with Gasteiger partial charge < -0.3 is 0 Å². The van der Waals surface area contributed by atoms with Crippen LogP contribution in [0, 0.1) is 20.8 Å². The van der Waals surface area contributed by atoms with Crippen LogP contribution in [0.25, 0.3) is 0 Å². The number of hydrogen-bond acceptors (Lipinski definition) is 1. The van der Waals surface area contributed by atoms with Gasteiger partial charge in [0.25, 0.3) is 0 Å². The van der Waals surface area contributed by atoms with Crippen molar-refractivity contribution in [1.82, 2.24) is 0 Å². The van der Waals surface area contributed by atoms with Gasteiger partial charge in [0.1, 0.15) is 0 Å². The molecule has 0 atom stereocenters. The van der Waals surface area contributed by atoms with Crippen LogP contribution in [-0.2, 0) is 6.42 Å². The van der Waals surface area contributed by atoms with Gasteiger partial charge in [0, 0.05) is 12.0 Å². The molecule has 0 aliphatic carbocycles. The predicted octanol–water partition coefficient (Wildman–Crippen LogP) is 4.04. The van der Waals surface area contributed by atoms with E-state index in [1.165, 1.54) is 5.56 Å². The number of Topliss-reactive ketones (excluding diaryl/α,β-unsaturated/α-hetero) is 1. The Hall–Kier alpha value is -1.89. The Morgan fingerprint density at radius 1 is 0.833 bits per heavy atom. The zero-order valence-corrected chi connectivity index (χ0v) is 11.2. The van der Waals surface area contributed by atoms with Crippen molar-refractivity contribution in [1.29, 1.82) is 0 Å². The van der Waals surface area contributed by atoms with Gasteiger partial charge in [-0.05, 0) is 38.5 Å². The molecule has 0 fully saturated rings. The normalized spacial score (nSPS) is 10.4. The molecule has 0 saturated heterocycles. The minimum atomic E-state index is 0.186. The molecule has 1 nitrogen and oxygen atoms in total. The lowest BCUT2D eigenvalue weighted by molar-refractivity contribution is 0.0993. The van der Waals surface area contributed by atoms with Crippen molar-refractivity contribution in [3.63, 3.8) is 0 Å². The lowest BCUT2D eigenvalue weighted by Gasteiger charge is -2.05. The minimum Gasteiger partial charge on any atom is -0.294 e. The summed E-state index contributed by atoms with van der Waals surface area (Å²) in [6, 6.07) is 14.1. The van der Waals surface area contributed by atoms with Gasteiger partial charge >= 0.3 is 0 Å². The van der Waals surface area contributed by atoms with Crippen LogP contribution in [0.4, 0.5) is 0 Å². The molecule has 0 aliphatic heterocycles.